The Kier molecular flexibility index (Phi) is 11.6. The van der Waals surface area contributed by atoms with Crippen molar-refractivity contribution in [1.29, 1.82) is 0 Å². The second-order valence-electron chi connectivity index (χ2n) is 5.03. The van der Waals surface area contributed by atoms with Gasteiger partial charge in [-0.05, 0) is 33.9 Å². The van der Waals surface area contributed by atoms with Crippen LogP contribution in [0.15, 0.2) is 30.3 Å². The maximum atomic E-state index is 5.79. The highest BCUT2D eigenvalue weighted by molar-refractivity contribution is 6.75. The van der Waals surface area contributed by atoms with Crippen molar-refractivity contribution in [2.45, 2.75) is 33.9 Å². The summed E-state index contributed by atoms with van der Waals surface area (Å²) in [5, 5.41) is 1.03. The molecule has 0 bridgehead atoms. The van der Waals surface area contributed by atoms with E-state index < -0.39 is 17.4 Å². The molecule has 0 saturated heterocycles. The highest BCUT2D eigenvalue weighted by Gasteiger charge is 2.42. The van der Waals surface area contributed by atoms with E-state index in [1.807, 2.05) is 64.2 Å². The minimum absolute atomic E-state index is 0.598. The molecule has 134 valence electrons. The van der Waals surface area contributed by atoms with Crippen LogP contribution in [0, 0.1) is 0 Å². The highest BCUT2D eigenvalue weighted by atomic mass is 28.4. The Balaban J connectivity index is 0.000000585. The quantitative estimate of drug-likeness (QED) is 0.634. The van der Waals surface area contributed by atoms with E-state index in [-0.39, 0.29) is 0 Å². The first-order valence-electron chi connectivity index (χ1n) is 7.99. The first-order chi connectivity index (χ1) is 10.9. The van der Waals surface area contributed by atoms with Gasteiger partial charge in [-0.15, -0.1) is 0 Å². The Morgan fingerprint density at radius 2 is 1.13 bits per heavy atom. The molecule has 1 aromatic carbocycles. The van der Waals surface area contributed by atoms with E-state index in [1.165, 1.54) is 0 Å². The molecule has 0 fully saturated rings. The molecule has 0 aliphatic heterocycles. The molecule has 0 aliphatic carbocycles. The molecule has 0 N–H and O–H groups in total. The van der Waals surface area contributed by atoms with Crippen LogP contribution < -0.4 is 5.19 Å². The molecular weight excluding hydrogens is 328 g/mol. The number of hydrogen-bond donors (Lipinski definition) is 0. The molecule has 0 aliphatic rings. The molecule has 7 heteroatoms. The van der Waals surface area contributed by atoms with Gasteiger partial charge in [-0.25, -0.2) is 0 Å². The second kappa shape index (κ2) is 11.9. The molecule has 0 spiro atoms. The third-order valence-electron chi connectivity index (χ3n) is 3.11. The van der Waals surface area contributed by atoms with Gasteiger partial charge in [0.1, 0.15) is 0 Å². The van der Waals surface area contributed by atoms with Gasteiger partial charge in [0.2, 0.25) is 0 Å². The molecule has 0 atom stereocenters. The summed E-state index contributed by atoms with van der Waals surface area (Å²) in [5.74, 6) is 0. The summed E-state index contributed by atoms with van der Waals surface area (Å²) in [5.41, 5.74) is 0. The van der Waals surface area contributed by atoms with Crippen molar-refractivity contribution in [3.8, 4) is 0 Å². The van der Waals surface area contributed by atoms with Crippen LogP contribution in [-0.2, 0) is 22.1 Å². The van der Waals surface area contributed by atoms with E-state index >= 15 is 0 Å². The number of benzene rings is 1. The Morgan fingerprint density at radius 3 is 1.39 bits per heavy atom. The van der Waals surface area contributed by atoms with Gasteiger partial charge in [-0.1, -0.05) is 30.3 Å². The van der Waals surface area contributed by atoms with Crippen molar-refractivity contribution in [2.24, 2.45) is 0 Å². The van der Waals surface area contributed by atoms with Crippen molar-refractivity contribution in [3.63, 3.8) is 0 Å². The summed E-state index contributed by atoms with van der Waals surface area (Å²) in [4.78, 5) is 0. The molecule has 1 rings (SSSR count). The van der Waals surface area contributed by atoms with Gasteiger partial charge >= 0.3 is 17.4 Å². The summed E-state index contributed by atoms with van der Waals surface area (Å²) >= 11 is 0. The predicted octanol–water partition coefficient (Wildman–Crippen LogP) is 2.92. The van der Waals surface area contributed by atoms with Crippen LogP contribution in [0.1, 0.15) is 20.8 Å². The lowest BCUT2D eigenvalue weighted by Crippen LogP contribution is -2.56. The maximum Gasteiger partial charge on any atom is 0.537 e. The molecule has 5 nitrogen and oxygen atoms in total. The molecule has 0 radical (unpaired) electrons. The van der Waals surface area contributed by atoms with E-state index in [4.69, 9.17) is 22.1 Å². The van der Waals surface area contributed by atoms with Gasteiger partial charge in [-0.2, -0.15) is 0 Å². The lowest BCUT2D eigenvalue weighted by atomic mass is 10.4. The average molecular weight is 361 g/mol. The zero-order chi connectivity index (χ0) is 17.8. The van der Waals surface area contributed by atoms with Crippen LogP contribution in [-0.4, -0.2) is 51.4 Å². The maximum absolute atomic E-state index is 5.79. The molecule has 0 amide bonds. The molecule has 0 heterocycles. The first kappa shape index (κ1) is 22.5. The van der Waals surface area contributed by atoms with Crippen molar-refractivity contribution < 1.29 is 22.1 Å². The molecule has 0 saturated carbocycles. The van der Waals surface area contributed by atoms with E-state index in [0.717, 1.165) is 5.19 Å². The van der Waals surface area contributed by atoms with E-state index in [0.29, 0.717) is 19.8 Å². The largest absolute Gasteiger partial charge is 0.537 e. The van der Waals surface area contributed by atoms with Gasteiger partial charge in [0.05, 0.1) is 0 Å². The fraction of sp³-hybridized carbons (Fsp3) is 0.625. The summed E-state index contributed by atoms with van der Waals surface area (Å²) in [7, 11) is -0.970. The lowest BCUT2D eigenvalue weighted by molar-refractivity contribution is 0.0859. The van der Waals surface area contributed by atoms with E-state index in [1.54, 1.807) is 14.2 Å². The Bertz CT molecular complexity index is 378. The highest BCUT2D eigenvalue weighted by Crippen LogP contribution is 2.10. The minimum atomic E-state index is -2.67. The minimum Gasteiger partial charge on any atom is -0.398 e. The van der Waals surface area contributed by atoms with Gasteiger partial charge in [0.15, 0.2) is 0 Å². The predicted molar refractivity (Wildman–Crippen MR) is 98.2 cm³/mol. The summed E-state index contributed by atoms with van der Waals surface area (Å²) < 4.78 is 27.4. The van der Waals surface area contributed by atoms with Crippen LogP contribution in [0.5, 0.6) is 0 Å². The second-order valence-corrected chi connectivity index (χ2v) is 11.2. The first-order valence-corrected chi connectivity index (χ1v) is 12.5. The smallest absolute Gasteiger partial charge is 0.398 e. The Labute approximate surface area is 143 Å². The molecule has 0 aromatic heterocycles. The van der Waals surface area contributed by atoms with Crippen LogP contribution in [0.4, 0.5) is 0 Å². The summed E-state index contributed by atoms with van der Waals surface area (Å²) in [6.45, 7) is 11.7. The molecular formula is C16H32O5Si2. The standard InChI is InChI=1S/C12H20O3Si.C4H12O2Si/c1-4-13-16(14-5-2,15-6-3)12-10-8-7-9-11-12;1-5-7(3,4)6-2/h7-11H,4-6H2,1-3H3;1-4H3. The topological polar surface area (TPSA) is 46.2 Å². The van der Waals surface area contributed by atoms with E-state index in [2.05, 4.69) is 0 Å². The zero-order valence-electron chi connectivity index (χ0n) is 15.5. The summed E-state index contributed by atoms with van der Waals surface area (Å²) in [6.07, 6.45) is 0. The van der Waals surface area contributed by atoms with Gasteiger partial charge in [-0.3, -0.25) is 0 Å². The fourth-order valence-electron chi connectivity index (χ4n) is 1.67. The lowest BCUT2D eigenvalue weighted by Gasteiger charge is -2.28. The summed E-state index contributed by atoms with van der Waals surface area (Å²) in [6, 6.07) is 9.95. The number of rotatable bonds is 9. The monoisotopic (exact) mass is 360 g/mol. The SMILES string of the molecule is CCO[Si](OCC)(OCC)c1ccccc1.CO[Si](C)(C)OC. The van der Waals surface area contributed by atoms with Gasteiger partial charge in [0.25, 0.3) is 0 Å². The Morgan fingerprint density at radius 1 is 0.739 bits per heavy atom. The average Bonchev–Trinajstić information content (AvgIpc) is 2.57. The van der Waals surface area contributed by atoms with Crippen molar-refractivity contribution in [1.82, 2.24) is 0 Å². The zero-order valence-corrected chi connectivity index (χ0v) is 17.5. The van der Waals surface area contributed by atoms with Crippen LogP contribution in [0.3, 0.4) is 0 Å². The molecule has 23 heavy (non-hydrogen) atoms. The van der Waals surface area contributed by atoms with Crippen molar-refractivity contribution in [3.05, 3.63) is 30.3 Å². The fourth-order valence-corrected chi connectivity index (χ4v) is 4.33. The third kappa shape index (κ3) is 8.21. The van der Waals surface area contributed by atoms with Gasteiger partial charge in [0, 0.05) is 39.2 Å². The van der Waals surface area contributed by atoms with E-state index in [9.17, 15) is 0 Å². The molecule has 0 unspecified atom stereocenters. The Hall–Kier alpha value is -0.546. The van der Waals surface area contributed by atoms with Crippen molar-refractivity contribution in [2.75, 3.05) is 34.0 Å². The third-order valence-corrected chi connectivity index (χ3v) is 8.13. The molecule has 1 aromatic rings. The van der Waals surface area contributed by atoms with Crippen LogP contribution in [0.25, 0.3) is 0 Å². The number of hydrogen-bond acceptors (Lipinski definition) is 5. The van der Waals surface area contributed by atoms with Crippen LogP contribution in [0.2, 0.25) is 13.1 Å². The van der Waals surface area contributed by atoms with Crippen LogP contribution >= 0.6 is 0 Å². The van der Waals surface area contributed by atoms with Gasteiger partial charge < -0.3 is 22.1 Å². The van der Waals surface area contributed by atoms with Crippen molar-refractivity contribution >= 4 is 22.6 Å². The normalized spacial score (nSPS) is 11.8.